The van der Waals surface area contributed by atoms with Crippen molar-refractivity contribution in [3.05, 3.63) is 172 Å². The minimum atomic E-state index is -0.597. The van der Waals surface area contributed by atoms with Crippen molar-refractivity contribution in [2.75, 3.05) is 5.75 Å². The average molecular weight is 805 g/mol. The monoisotopic (exact) mass is 804 g/mol. The maximum atomic E-state index is 5.16. The van der Waals surface area contributed by atoms with Gasteiger partial charge in [-0.2, -0.15) is 0 Å². The predicted octanol–water partition coefficient (Wildman–Crippen LogP) is 12.4. The van der Waals surface area contributed by atoms with Gasteiger partial charge in [0.05, 0.1) is 20.0 Å². The Hall–Kier alpha value is -5.91. The summed E-state index contributed by atoms with van der Waals surface area (Å²) in [5.74, 6) is 5.20. The van der Waals surface area contributed by atoms with E-state index >= 15 is 0 Å². The number of fused-ring (bicyclic) bond motifs is 10. The van der Waals surface area contributed by atoms with Crippen molar-refractivity contribution in [3.8, 4) is 77.1 Å². The van der Waals surface area contributed by atoms with Gasteiger partial charge in [-0.15, -0.1) is 45.8 Å². The van der Waals surface area contributed by atoms with Crippen LogP contribution in [0.15, 0.2) is 144 Å². The third-order valence-electron chi connectivity index (χ3n) is 11.0. The molecule has 0 amide bonds. The lowest BCUT2D eigenvalue weighted by Gasteiger charge is -2.31. The standard InChI is InChI=1S/C47H28N6S4/c1-3-11-33-29(9-1)30-10-2-4-12-34(30)47(33)35-25-27(41-48-43(37-13-5-21-54-37)52-44(49-41)38-14-6-22-55-38)17-19-31(35)32-20-18-28(26-36(32)47)42-50-45(39-15-7-23-56-39)53-46(51-42)40-16-8-24-57-40/h1-7,9-23,25-26H,8,24H2. The molecule has 6 heterocycles. The summed E-state index contributed by atoms with van der Waals surface area (Å²) in [7, 11) is 0. The summed E-state index contributed by atoms with van der Waals surface area (Å²) in [5.41, 5.74) is 11.2. The summed E-state index contributed by atoms with van der Waals surface area (Å²) in [6, 6.07) is 43.7. The van der Waals surface area contributed by atoms with Crippen LogP contribution >= 0.6 is 45.8 Å². The molecular weight excluding hydrogens is 777 g/mol. The molecule has 5 aromatic heterocycles. The van der Waals surface area contributed by atoms with E-state index in [0.29, 0.717) is 29.1 Å². The van der Waals surface area contributed by atoms with Gasteiger partial charge in [-0.25, -0.2) is 29.9 Å². The molecule has 10 heteroatoms. The normalized spacial score (nSPS) is 14.4. The highest BCUT2D eigenvalue weighted by Gasteiger charge is 2.52. The third kappa shape index (κ3) is 5.14. The van der Waals surface area contributed by atoms with Crippen molar-refractivity contribution in [2.24, 2.45) is 0 Å². The van der Waals surface area contributed by atoms with Gasteiger partial charge < -0.3 is 0 Å². The summed E-state index contributed by atoms with van der Waals surface area (Å²) in [5, 5.41) is 6.20. The second-order valence-electron chi connectivity index (χ2n) is 14.1. The first-order chi connectivity index (χ1) is 28.2. The van der Waals surface area contributed by atoms with Crippen LogP contribution in [0.2, 0.25) is 0 Å². The van der Waals surface area contributed by atoms with E-state index in [-0.39, 0.29) is 0 Å². The molecule has 1 aliphatic heterocycles. The molecular formula is C47H28N6S4. The molecule has 0 saturated carbocycles. The Labute approximate surface area is 344 Å². The zero-order valence-corrected chi connectivity index (χ0v) is 33.4. The van der Waals surface area contributed by atoms with Crippen molar-refractivity contribution in [2.45, 2.75) is 11.8 Å². The zero-order valence-electron chi connectivity index (χ0n) is 30.1. The number of hydrogen-bond donors (Lipinski definition) is 0. The molecule has 0 N–H and O–H groups in total. The zero-order chi connectivity index (χ0) is 37.5. The summed E-state index contributed by atoms with van der Waals surface area (Å²) < 4.78 is 0. The molecule has 6 nitrogen and oxygen atoms in total. The number of rotatable bonds is 6. The molecule has 0 atom stereocenters. The van der Waals surface area contributed by atoms with Crippen molar-refractivity contribution in [1.82, 2.24) is 29.9 Å². The Morgan fingerprint density at radius 3 is 1.30 bits per heavy atom. The molecule has 4 aromatic carbocycles. The van der Waals surface area contributed by atoms with Gasteiger partial charge in [-0.3, -0.25) is 0 Å². The number of aromatic nitrogens is 6. The highest BCUT2D eigenvalue weighted by atomic mass is 32.2. The maximum absolute atomic E-state index is 5.16. The third-order valence-corrected chi connectivity index (χ3v) is 14.7. The Morgan fingerprint density at radius 1 is 0.404 bits per heavy atom. The lowest BCUT2D eigenvalue weighted by Crippen LogP contribution is -2.26. The van der Waals surface area contributed by atoms with E-state index in [1.807, 2.05) is 23.9 Å². The van der Waals surface area contributed by atoms with Crippen LogP contribution in [-0.2, 0) is 5.41 Å². The first kappa shape index (κ1) is 33.3. The summed E-state index contributed by atoms with van der Waals surface area (Å²) in [4.78, 5) is 34.7. The molecule has 0 radical (unpaired) electrons. The van der Waals surface area contributed by atoms with Crippen LogP contribution in [-0.4, -0.2) is 35.7 Å². The number of benzene rings is 4. The SMILES string of the molecule is C1=C(c2nc(-c3ccc4c(c3)C3(c5ccccc5-c5ccccc53)c3cc(-c5nc(-c6cccs6)nc(-c6cccs6)n5)ccc3-4)nc(-c3cccs3)n2)SCC1. The Morgan fingerprint density at radius 2 is 0.842 bits per heavy atom. The number of allylic oxidation sites excluding steroid dienone is 1. The first-order valence-corrected chi connectivity index (χ1v) is 22.3. The van der Waals surface area contributed by atoms with Gasteiger partial charge in [0.15, 0.2) is 34.9 Å². The maximum Gasteiger partial charge on any atom is 0.174 e. The molecule has 270 valence electrons. The van der Waals surface area contributed by atoms with Crippen molar-refractivity contribution in [3.63, 3.8) is 0 Å². The minimum Gasteiger partial charge on any atom is -0.208 e. The van der Waals surface area contributed by atoms with E-state index in [4.69, 9.17) is 29.9 Å². The minimum absolute atomic E-state index is 0.597. The van der Waals surface area contributed by atoms with Gasteiger partial charge in [-0.1, -0.05) is 97.1 Å². The fraction of sp³-hybridized carbons (Fsp3) is 0.0638. The summed E-state index contributed by atoms with van der Waals surface area (Å²) in [6.07, 6.45) is 3.27. The van der Waals surface area contributed by atoms with Gasteiger partial charge >= 0.3 is 0 Å². The highest BCUT2D eigenvalue weighted by molar-refractivity contribution is 8.08. The molecule has 2 aliphatic carbocycles. The largest absolute Gasteiger partial charge is 0.208 e. The van der Waals surface area contributed by atoms with Crippen LogP contribution in [0.4, 0.5) is 0 Å². The number of nitrogens with zero attached hydrogens (tertiary/aromatic N) is 6. The average Bonchev–Trinajstić information content (AvgIpc) is 4.13. The van der Waals surface area contributed by atoms with E-state index in [2.05, 4.69) is 131 Å². The van der Waals surface area contributed by atoms with Crippen LogP contribution in [0.3, 0.4) is 0 Å². The Bertz CT molecular complexity index is 2960. The number of thioether (sulfide) groups is 1. The molecule has 1 spiro atoms. The van der Waals surface area contributed by atoms with Crippen molar-refractivity contribution in [1.29, 1.82) is 0 Å². The van der Waals surface area contributed by atoms with E-state index < -0.39 is 5.41 Å². The topological polar surface area (TPSA) is 77.3 Å². The van der Waals surface area contributed by atoms with E-state index in [0.717, 1.165) is 48.7 Å². The quantitative estimate of drug-likeness (QED) is 0.166. The van der Waals surface area contributed by atoms with Crippen LogP contribution in [0.1, 0.15) is 34.5 Å². The highest BCUT2D eigenvalue weighted by Crippen LogP contribution is 2.63. The lowest BCUT2D eigenvalue weighted by molar-refractivity contribution is 0.794. The second kappa shape index (κ2) is 13.1. The Kier molecular flexibility index (Phi) is 7.63. The molecule has 0 unspecified atom stereocenters. The van der Waals surface area contributed by atoms with E-state index in [9.17, 15) is 0 Å². The molecule has 0 saturated heterocycles. The number of hydrogen-bond acceptors (Lipinski definition) is 10. The lowest BCUT2D eigenvalue weighted by atomic mass is 9.70. The van der Waals surface area contributed by atoms with Gasteiger partial charge in [0.2, 0.25) is 0 Å². The first-order valence-electron chi connectivity index (χ1n) is 18.7. The van der Waals surface area contributed by atoms with Gasteiger partial charge in [-0.05, 0) is 97.4 Å². The predicted molar refractivity (Wildman–Crippen MR) is 235 cm³/mol. The number of thiophene rings is 3. The van der Waals surface area contributed by atoms with Crippen LogP contribution in [0.25, 0.3) is 82.0 Å². The Balaban J connectivity index is 1.10. The molecule has 9 aromatic rings. The fourth-order valence-corrected chi connectivity index (χ4v) is 11.5. The van der Waals surface area contributed by atoms with E-state index in [1.165, 1.54) is 44.5 Å². The molecule has 57 heavy (non-hydrogen) atoms. The molecule has 3 aliphatic rings. The van der Waals surface area contributed by atoms with Gasteiger partial charge in [0.25, 0.3) is 0 Å². The van der Waals surface area contributed by atoms with Gasteiger partial charge in [0.1, 0.15) is 0 Å². The summed E-state index contributed by atoms with van der Waals surface area (Å²) >= 11 is 6.74. The van der Waals surface area contributed by atoms with Crippen molar-refractivity contribution >= 4 is 50.7 Å². The van der Waals surface area contributed by atoms with Crippen LogP contribution in [0, 0.1) is 0 Å². The molecule has 0 fully saturated rings. The molecule has 12 rings (SSSR count). The summed E-state index contributed by atoms with van der Waals surface area (Å²) in [6.45, 7) is 0. The van der Waals surface area contributed by atoms with Crippen molar-refractivity contribution < 1.29 is 0 Å². The van der Waals surface area contributed by atoms with Gasteiger partial charge in [0, 0.05) is 21.8 Å². The molecule has 0 bridgehead atoms. The van der Waals surface area contributed by atoms with Crippen LogP contribution < -0.4 is 0 Å². The van der Waals surface area contributed by atoms with E-state index in [1.54, 1.807) is 34.0 Å². The smallest absolute Gasteiger partial charge is 0.174 e. The fourth-order valence-electron chi connectivity index (χ4n) is 8.66. The van der Waals surface area contributed by atoms with Crippen LogP contribution in [0.5, 0.6) is 0 Å². The second-order valence-corrected chi connectivity index (χ2v) is 18.1.